The Morgan fingerprint density at radius 2 is 2.08 bits per heavy atom. The minimum atomic E-state index is 0.307. The van der Waals surface area contributed by atoms with Gasteiger partial charge in [0.05, 0.1) is 5.69 Å². The fraction of sp³-hybridized carbons (Fsp3) is 0.667. The zero-order chi connectivity index (χ0) is 9.30. The lowest BCUT2D eigenvalue weighted by atomic mass is 10.1. The van der Waals surface area contributed by atoms with Crippen LogP contribution in [0.5, 0.6) is 5.88 Å². The molecule has 1 rings (SSSR count). The maximum absolute atomic E-state index is 9.57. The van der Waals surface area contributed by atoms with E-state index in [4.69, 9.17) is 0 Å². The highest BCUT2D eigenvalue weighted by molar-refractivity contribution is 5.30. The lowest BCUT2D eigenvalue weighted by Gasteiger charge is -1.98. The third-order valence-electron chi connectivity index (χ3n) is 2.04. The number of hydrogen-bond donors (Lipinski definition) is 1. The highest BCUT2D eigenvalue weighted by atomic mass is 16.3. The summed E-state index contributed by atoms with van der Waals surface area (Å²) in [6, 6.07) is 0. The first kappa shape index (κ1) is 9.10. The van der Waals surface area contributed by atoms with Crippen LogP contribution in [-0.2, 0) is 6.54 Å². The molecule has 1 heterocycles. The topological polar surface area (TPSA) is 38.0 Å². The van der Waals surface area contributed by atoms with E-state index < -0.39 is 0 Å². The van der Waals surface area contributed by atoms with Crippen LogP contribution in [0.15, 0.2) is 0 Å². The van der Waals surface area contributed by atoms with Crippen molar-refractivity contribution in [2.75, 3.05) is 0 Å². The Bertz CT molecular complexity index is 276. The molecule has 0 radical (unpaired) electrons. The molecule has 3 nitrogen and oxygen atoms in total. The lowest BCUT2D eigenvalue weighted by molar-refractivity contribution is 0.402. The van der Waals surface area contributed by atoms with Crippen molar-refractivity contribution >= 4 is 0 Å². The van der Waals surface area contributed by atoms with Gasteiger partial charge in [0, 0.05) is 12.1 Å². The molecule has 0 amide bonds. The van der Waals surface area contributed by atoms with Crippen molar-refractivity contribution in [2.45, 2.75) is 40.2 Å². The first-order valence-corrected chi connectivity index (χ1v) is 4.34. The molecule has 68 valence electrons. The van der Waals surface area contributed by atoms with Crippen molar-refractivity contribution in [2.24, 2.45) is 0 Å². The standard InChI is InChI=1S/C9H16N2O/c1-5-11-9(12)7(4)8(10-11)6(2)3/h6,12H,5H2,1-4H3. The van der Waals surface area contributed by atoms with Crippen molar-refractivity contribution < 1.29 is 5.11 Å². The summed E-state index contributed by atoms with van der Waals surface area (Å²) >= 11 is 0. The minimum absolute atomic E-state index is 0.307. The number of aryl methyl sites for hydroxylation is 1. The number of nitrogens with zero attached hydrogens (tertiary/aromatic N) is 2. The van der Waals surface area contributed by atoms with E-state index in [1.54, 1.807) is 4.68 Å². The number of aromatic hydroxyl groups is 1. The second-order valence-electron chi connectivity index (χ2n) is 3.30. The van der Waals surface area contributed by atoms with Gasteiger partial charge in [-0.05, 0) is 19.8 Å². The van der Waals surface area contributed by atoms with E-state index in [0.29, 0.717) is 11.8 Å². The van der Waals surface area contributed by atoms with Gasteiger partial charge < -0.3 is 5.11 Å². The zero-order valence-corrected chi connectivity index (χ0v) is 8.13. The Hall–Kier alpha value is -0.990. The molecule has 0 aromatic carbocycles. The molecule has 0 aliphatic carbocycles. The fourth-order valence-corrected chi connectivity index (χ4v) is 1.33. The fourth-order valence-electron chi connectivity index (χ4n) is 1.33. The molecular weight excluding hydrogens is 152 g/mol. The van der Waals surface area contributed by atoms with E-state index in [0.717, 1.165) is 17.8 Å². The first-order valence-electron chi connectivity index (χ1n) is 4.34. The molecule has 0 unspecified atom stereocenters. The van der Waals surface area contributed by atoms with Crippen LogP contribution in [0.3, 0.4) is 0 Å². The van der Waals surface area contributed by atoms with E-state index in [9.17, 15) is 5.11 Å². The molecule has 0 aliphatic rings. The van der Waals surface area contributed by atoms with Crippen LogP contribution in [0, 0.1) is 6.92 Å². The largest absolute Gasteiger partial charge is 0.493 e. The van der Waals surface area contributed by atoms with E-state index in [2.05, 4.69) is 18.9 Å². The molecule has 0 saturated carbocycles. The molecule has 0 atom stereocenters. The van der Waals surface area contributed by atoms with E-state index >= 15 is 0 Å². The third kappa shape index (κ3) is 1.31. The average Bonchev–Trinajstić information content (AvgIpc) is 2.30. The quantitative estimate of drug-likeness (QED) is 0.733. The third-order valence-corrected chi connectivity index (χ3v) is 2.04. The summed E-state index contributed by atoms with van der Waals surface area (Å²) in [7, 11) is 0. The zero-order valence-electron chi connectivity index (χ0n) is 8.13. The summed E-state index contributed by atoms with van der Waals surface area (Å²) in [5.41, 5.74) is 1.90. The van der Waals surface area contributed by atoms with Gasteiger partial charge in [-0.15, -0.1) is 0 Å². The molecular formula is C9H16N2O. The summed E-state index contributed by atoms with van der Waals surface area (Å²) in [4.78, 5) is 0. The van der Waals surface area contributed by atoms with Gasteiger partial charge in [-0.2, -0.15) is 5.10 Å². The van der Waals surface area contributed by atoms with Crippen LogP contribution in [0.25, 0.3) is 0 Å². The lowest BCUT2D eigenvalue weighted by Crippen LogP contribution is -1.97. The monoisotopic (exact) mass is 168 g/mol. The van der Waals surface area contributed by atoms with Crippen LogP contribution in [0.4, 0.5) is 0 Å². The van der Waals surface area contributed by atoms with Crippen molar-refractivity contribution in [3.8, 4) is 5.88 Å². The van der Waals surface area contributed by atoms with Crippen LogP contribution in [-0.4, -0.2) is 14.9 Å². The molecule has 0 fully saturated rings. The average molecular weight is 168 g/mol. The first-order chi connectivity index (χ1) is 5.57. The maximum Gasteiger partial charge on any atom is 0.212 e. The molecule has 0 aliphatic heterocycles. The summed E-state index contributed by atoms with van der Waals surface area (Å²) in [5, 5.41) is 13.9. The van der Waals surface area contributed by atoms with Gasteiger partial charge in [-0.25, -0.2) is 4.68 Å². The van der Waals surface area contributed by atoms with Crippen molar-refractivity contribution in [1.82, 2.24) is 9.78 Å². The minimum Gasteiger partial charge on any atom is -0.493 e. The van der Waals surface area contributed by atoms with Crippen molar-refractivity contribution in [3.63, 3.8) is 0 Å². The molecule has 1 N–H and O–H groups in total. The maximum atomic E-state index is 9.57. The molecule has 3 heteroatoms. The Morgan fingerprint density at radius 1 is 1.50 bits per heavy atom. The summed E-state index contributed by atoms with van der Waals surface area (Å²) in [6.07, 6.45) is 0. The predicted molar refractivity (Wildman–Crippen MR) is 48.4 cm³/mol. The van der Waals surface area contributed by atoms with E-state index in [1.165, 1.54) is 0 Å². The van der Waals surface area contributed by atoms with Gasteiger partial charge in [-0.1, -0.05) is 13.8 Å². The highest BCUT2D eigenvalue weighted by Crippen LogP contribution is 2.25. The Labute approximate surface area is 73.0 Å². The number of rotatable bonds is 2. The normalized spacial score (nSPS) is 11.1. The van der Waals surface area contributed by atoms with E-state index in [1.807, 2.05) is 13.8 Å². The number of aromatic nitrogens is 2. The van der Waals surface area contributed by atoms with Crippen LogP contribution in [0.1, 0.15) is 37.9 Å². The van der Waals surface area contributed by atoms with Crippen molar-refractivity contribution in [3.05, 3.63) is 11.3 Å². The molecule has 1 aromatic heterocycles. The van der Waals surface area contributed by atoms with Gasteiger partial charge in [0.25, 0.3) is 0 Å². The second kappa shape index (κ2) is 3.17. The highest BCUT2D eigenvalue weighted by Gasteiger charge is 2.14. The van der Waals surface area contributed by atoms with Gasteiger partial charge in [0.1, 0.15) is 0 Å². The molecule has 1 aromatic rings. The van der Waals surface area contributed by atoms with Gasteiger partial charge in [0.15, 0.2) is 0 Å². The molecule has 12 heavy (non-hydrogen) atoms. The van der Waals surface area contributed by atoms with E-state index in [-0.39, 0.29) is 0 Å². The summed E-state index contributed by atoms with van der Waals surface area (Å²) in [5.74, 6) is 0.685. The summed E-state index contributed by atoms with van der Waals surface area (Å²) in [6.45, 7) is 8.75. The van der Waals surface area contributed by atoms with Crippen molar-refractivity contribution in [1.29, 1.82) is 0 Å². The second-order valence-corrected chi connectivity index (χ2v) is 3.30. The van der Waals surface area contributed by atoms with Gasteiger partial charge in [0.2, 0.25) is 5.88 Å². The Morgan fingerprint density at radius 3 is 2.33 bits per heavy atom. The molecule has 0 spiro atoms. The van der Waals surface area contributed by atoms with Crippen LogP contribution in [0.2, 0.25) is 0 Å². The van der Waals surface area contributed by atoms with Crippen LogP contribution < -0.4 is 0 Å². The number of hydrogen-bond acceptors (Lipinski definition) is 2. The Kier molecular flexibility index (Phi) is 2.40. The van der Waals surface area contributed by atoms with Crippen LogP contribution >= 0.6 is 0 Å². The smallest absolute Gasteiger partial charge is 0.212 e. The Balaban J connectivity index is 3.16. The predicted octanol–water partition coefficient (Wildman–Crippen LogP) is 2.04. The molecule has 0 bridgehead atoms. The SMILES string of the molecule is CCn1nc(C(C)C)c(C)c1O. The summed E-state index contributed by atoms with van der Waals surface area (Å²) < 4.78 is 1.63. The van der Waals surface area contributed by atoms with Gasteiger partial charge in [-0.3, -0.25) is 0 Å². The molecule has 0 saturated heterocycles. The van der Waals surface area contributed by atoms with Gasteiger partial charge >= 0.3 is 0 Å².